The lowest BCUT2D eigenvalue weighted by Gasteiger charge is -2.35. The summed E-state index contributed by atoms with van der Waals surface area (Å²) >= 11 is 0. The van der Waals surface area contributed by atoms with Crippen molar-refractivity contribution in [3.05, 3.63) is 29.4 Å². The third kappa shape index (κ3) is 2.62. The number of hydrogen-bond acceptors (Lipinski definition) is 3. The highest BCUT2D eigenvalue weighted by atomic mass is 16.5. The highest BCUT2D eigenvalue weighted by Gasteiger charge is 2.31. The fourth-order valence-electron chi connectivity index (χ4n) is 3.32. The fourth-order valence-corrected chi connectivity index (χ4v) is 3.32. The summed E-state index contributed by atoms with van der Waals surface area (Å²) in [6.07, 6.45) is 8.28. The van der Waals surface area contributed by atoms with Gasteiger partial charge in [-0.1, -0.05) is 6.08 Å². The zero-order valence-corrected chi connectivity index (χ0v) is 12.8. The van der Waals surface area contributed by atoms with Crippen LogP contribution in [0.2, 0.25) is 0 Å². The Morgan fingerprint density at radius 2 is 2.29 bits per heavy atom. The number of imidazole rings is 1. The van der Waals surface area contributed by atoms with E-state index in [2.05, 4.69) is 22.6 Å². The fraction of sp³-hybridized carbons (Fsp3) is 0.625. The molecule has 21 heavy (non-hydrogen) atoms. The van der Waals surface area contributed by atoms with E-state index in [4.69, 9.17) is 4.74 Å². The third-order valence-corrected chi connectivity index (χ3v) is 4.49. The minimum Gasteiger partial charge on any atom is -0.378 e. The molecule has 0 N–H and O–H groups in total. The van der Waals surface area contributed by atoms with Crippen LogP contribution in [0.15, 0.2) is 17.8 Å². The van der Waals surface area contributed by atoms with Crippen molar-refractivity contribution < 1.29 is 9.53 Å². The van der Waals surface area contributed by atoms with E-state index in [9.17, 15) is 4.79 Å². The van der Waals surface area contributed by atoms with Crippen molar-refractivity contribution in [1.29, 1.82) is 0 Å². The molecule has 0 saturated carbocycles. The number of rotatable bonds is 3. The normalized spacial score (nSPS) is 21.9. The van der Waals surface area contributed by atoms with Crippen molar-refractivity contribution in [1.82, 2.24) is 14.5 Å². The van der Waals surface area contributed by atoms with Gasteiger partial charge in [-0.15, -0.1) is 0 Å². The molecule has 1 atom stereocenters. The molecule has 114 valence electrons. The molecule has 5 heteroatoms. The Kier molecular flexibility index (Phi) is 4.10. The number of carbonyl (C=O) groups is 1. The van der Waals surface area contributed by atoms with E-state index in [1.54, 1.807) is 7.11 Å². The van der Waals surface area contributed by atoms with Gasteiger partial charge in [0.25, 0.3) is 0 Å². The average Bonchev–Trinajstić information content (AvgIpc) is 2.92. The zero-order valence-electron chi connectivity index (χ0n) is 12.8. The lowest BCUT2D eigenvalue weighted by Crippen LogP contribution is -2.42. The van der Waals surface area contributed by atoms with Gasteiger partial charge in [0.1, 0.15) is 5.82 Å². The monoisotopic (exact) mass is 289 g/mol. The van der Waals surface area contributed by atoms with Crippen LogP contribution in [0.1, 0.15) is 50.2 Å². The van der Waals surface area contributed by atoms with Crippen LogP contribution in [0, 0.1) is 0 Å². The third-order valence-electron chi connectivity index (χ3n) is 4.49. The first kappa shape index (κ1) is 14.3. The summed E-state index contributed by atoms with van der Waals surface area (Å²) in [5.74, 6) is 1.17. The minimum atomic E-state index is 0.0275. The number of allylic oxidation sites excluding steroid dienone is 1. The Morgan fingerprint density at radius 3 is 3.00 bits per heavy atom. The van der Waals surface area contributed by atoms with Crippen molar-refractivity contribution in [3.8, 4) is 0 Å². The molecule has 1 aliphatic heterocycles. The van der Waals surface area contributed by atoms with Crippen molar-refractivity contribution >= 4 is 5.91 Å². The summed E-state index contributed by atoms with van der Waals surface area (Å²) in [6.45, 7) is 4.18. The van der Waals surface area contributed by atoms with E-state index < -0.39 is 0 Å². The Hall–Kier alpha value is -1.62. The molecule has 0 unspecified atom stereocenters. The maximum atomic E-state index is 12.7. The van der Waals surface area contributed by atoms with E-state index >= 15 is 0 Å². The predicted molar refractivity (Wildman–Crippen MR) is 79.6 cm³/mol. The smallest absolute Gasteiger partial charge is 0.250 e. The molecule has 5 nitrogen and oxygen atoms in total. The van der Waals surface area contributed by atoms with Gasteiger partial charge in [0, 0.05) is 25.8 Å². The first-order valence-corrected chi connectivity index (χ1v) is 7.75. The average molecular weight is 289 g/mol. The van der Waals surface area contributed by atoms with E-state index in [0.29, 0.717) is 6.61 Å². The molecule has 0 saturated heterocycles. The summed E-state index contributed by atoms with van der Waals surface area (Å²) in [4.78, 5) is 19.2. The molecule has 0 radical (unpaired) electrons. The van der Waals surface area contributed by atoms with Crippen LogP contribution in [0.25, 0.3) is 0 Å². The van der Waals surface area contributed by atoms with E-state index in [0.717, 1.165) is 49.4 Å². The highest BCUT2D eigenvalue weighted by molar-refractivity contribution is 5.93. The molecule has 1 aromatic rings. The molecular formula is C16H23N3O2. The maximum absolute atomic E-state index is 12.7. The summed E-state index contributed by atoms with van der Waals surface area (Å²) in [5.41, 5.74) is 2.08. The largest absolute Gasteiger partial charge is 0.378 e. The van der Waals surface area contributed by atoms with Gasteiger partial charge < -0.3 is 14.2 Å². The number of carbonyl (C=O) groups excluding carboxylic acids is 1. The Balaban J connectivity index is 1.80. The first-order chi connectivity index (χ1) is 10.2. The first-order valence-electron chi connectivity index (χ1n) is 7.75. The molecule has 2 aliphatic rings. The second-order valence-corrected chi connectivity index (χ2v) is 5.84. The van der Waals surface area contributed by atoms with Gasteiger partial charge in [-0.2, -0.15) is 0 Å². The van der Waals surface area contributed by atoms with E-state index in [-0.39, 0.29) is 11.9 Å². The quantitative estimate of drug-likeness (QED) is 0.858. The molecular weight excluding hydrogens is 266 g/mol. The number of amides is 1. The number of methoxy groups -OCH3 is 1. The number of nitrogens with zero attached hydrogens (tertiary/aromatic N) is 3. The van der Waals surface area contributed by atoms with Crippen LogP contribution in [-0.2, 0) is 22.7 Å². The zero-order chi connectivity index (χ0) is 14.8. The second kappa shape index (κ2) is 6.02. The molecule has 1 aromatic heterocycles. The Bertz CT molecular complexity index is 562. The van der Waals surface area contributed by atoms with Crippen molar-refractivity contribution in [2.24, 2.45) is 0 Å². The molecule has 0 aromatic carbocycles. The lowest BCUT2D eigenvalue weighted by atomic mass is 9.98. The summed E-state index contributed by atoms with van der Waals surface area (Å²) in [5, 5.41) is 0. The van der Waals surface area contributed by atoms with Crippen LogP contribution >= 0.6 is 0 Å². The number of ether oxygens (including phenoxy) is 1. The topological polar surface area (TPSA) is 47.4 Å². The Labute approximate surface area is 125 Å². The molecule has 1 aliphatic carbocycles. The van der Waals surface area contributed by atoms with Crippen molar-refractivity contribution in [2.45, 2.75) is 51.8 Å². The van der Waals surface area contributed by atoms with Gasteiger partial charge in [-0.05, 0) is 32.6 Å². The summed E-state index contributed by atoms with van der Waals surface area (Å²) in [7, 11) is 1.69. The lowest BCUT2D eigenvalue weighted by molar-refractivity contribution is -0.130. The standard InChI is InChI=1S/C16H23N3O2/c1-12-15-17-10-14(11-21-2)19(15)9-8-18(12)16(20)13-6-4-3-5-7-13/h6,10,12H,3-5,7-9,11H2,1-2H3/t12-/m1/s1. The van der Waals surface area contributed by atoms with Crippen LogP contribution in [0.3, 0.4) is 0 Å². The van der Waals surface area contributed by atoms with Crippen LogP contribution in [0.4, 0.5) is 0 Å². The van der Waals surface area contributed by atoms with Crippen LogP contribution < -0.4 is 0 Å². The second-order valence-electron chi connectivity index (χ2n) is 5.84. The van der Waals surface area contributed by atoms with Gasteiger partial charge in [0.05, 0.1) is 24.5 Å². The molecule has 0 fully saturated rings. The summed E-state index contributed by atoms with van der Waals surface area (Å²) < 4.78 is 7.39. The molecule has 0 spiro atoms. The summed E-state index contributed by atoms with van der Waals surface area (Å²) in [6, 6.07) is 0.0275. The number of hydrogen-bond donors (Lipinski definition) is 0. The molecule has 2 heterocycles. The minimum absolute atomic E-state index is 0.0275. The predicted octanol–water partition coefficient (Wildman–Crippen LogP) is 2.43. The van der Waals surface area contributed by atoms with E-state index in [1.807, 2.05) is 11.1 Å². The van der Waals surface area contributed by atoms with E-state index in [1.165, 1.54) is 6.42 Å². The van der Waals surface area contributed by atoms with Gasteiger partial charge >= 0.3 is 0 Å². The van der Waals surface area contributed by atoms with Gasteiger partial charge in [0.2, 0.25) is 5.91 Å². The van der Waals surface area contributed by atoms with Crippen molar-refractivity contribution in [3.63, 3.8) is 0 Å². The van der Waals surface area contributed by atoms with Gasteiger partial charge in [-0.3, -0.25) is 4.79 Å². The van der Waals surface area contributed by atoms with Crippen LogP contribution in [-0.4, -0.2) is 34.0 Å². The van der Waals surface area contributed by atoms with Crippen molar-refractivity contribution in [2.75, 3.05) is 13.7 Å². The molecule has 0 bridgehead atoms. The SMILES string of the molecule is COCc1cnc2n1CCN(C(=O)C1=CCCCC1)[C@@H]2C. The van der Waals surface area contributed by atoms with Gasteiger partial charge in [-0.25, -0.2) is 4.98 Å². The highest BCUT2D eigenvalue weighted by Crippen LogP contribution is 2.29. The molecule has 3 rings (SSSR count). The maximum Gasteiger partial charge on any atom is 0.250 e. The molecule has 1 amide bonds. The van der Waals surface area contributed by atoms with Crippen LogP contribution in [0.5, 0.6) is 0 Å². The van der Waals surface area contributed by atoms with Gasteiger partial charge in [0.15, 0.2) is 0 Å². The number of fused-ring (bicyclic) bond motifs is 1. The Morgan fingerprint density at radius 1 is 1.43 bits per heavy atom. The number of aromatic nitrogens is 2.